The lowest BCUT2D eigenvalue weighted by molar-refractivity contribution is 0.00631. The Labute approximate surface area is 126 Å². The van der Waals surface area contributed by atoms with Gasteiger partial charge in [0, 0.05) is 6.61 Å². The first-order valence-electron chi connectivity index (χ1n) is 8.61. The third-order valence-electron chi connectivity index (χ3n) is 5.84. The summed E-state index contributed by atoms with van der Waals surface area (Å²) in [5.74, 6) is 2.50. The third-order valence-corrected chi connectivity index (χ3v) is 5.84. The molecule has 0 aromatic rings. The topological polar surface area (TPSA) is 40.5 Å². The van der Waals surface area contributed by atoms with Crippen molar-refractivity contribution in [3.8, 4) is 0 Å². The number of aliphatic hydroxyl groups excluding tert-OH is 2. The van der Waals surface area contributed by atoms with Crippen LogP contribution in [0.1, 0.15) is 73.1 Å². The predicted octanol–water partition coefficient (Wildman–Crippen LogP) is 4.24. The van der Waals surface area contributed by atoms with Crippen molar-refractivity contribution < 1.29 is 10.2 Å². The lowest BCUT2D eigenvalue weighted by Gasteiger charge is -2.41. The molecule has 2 nitrogen and oxygen atoms in total. The summed E-state index contributed by atoms with van der Waals surface area (Å²) >= 11 is 0. The zero-order valence-corrected chi connectivity index (χ0v) is 14.2. The highest BCUT2D eigenvalue weighted by molar-refractivity contribution is 4.98. The molecule has 2 N–H and O–H groups in total. The van der Waals surface area contributed by atoms with Crippen molar-refractivity contribution in [3.63, 3.8) is 0 Å². The molecule has 2 heteroatoms. The van der Waals surface area contributed by atoms with Crippen LogP contribution in [0.5, 0.6) is 0 Å². The fraction of sp³-hybridized carbons (Fsp3) is 1.00. The summed E-state index contributed by atoms with van der Waals surface area (Å²) in [6.07, 6.45) is 6.83. The second-order valence-electron chi connectivity index (χ2n) is 7.81. The molecule has 0 amide bonds. The summed E-state index contributed by atoms with van der Waals surface area (Å²) in [4.78, 5) is 0. The highest BCUT2D eigenvalue weighted by Crippen LogP contribution is 2.54. The van der Waals surface area contributed by atoms with Crippen molar-refractivity contribution >= 4 is 0 Å². The average Bonchev–Trinajstić information content (AvgIpc) is 2.66. The highest BCUT2D eigenvalue weighted by Gasteiger charge is 2.49. The van der Waals surface area contributed by atoms with Gasteiger partial charge >= 0.3 is 0 Å². The zero-order valence-electron chi connectivity index (χ0n) is 14.2. The molecule has 0 aromatic carbocycles. The van der Waals surface area contributed by atoms with E-state index in [0.717, 1.165) is 18.8 Å². The van der Waals surface area contributed by atoms with Crippen LogP contribution in [0, 0.1) is 29.1 Å². The largest absolute Gasteiger partial charge is 0.396 e. The van der Waals surface area contributed by atoms with Crippen LogP contribution in [-0.2, 0) is 0 Å². The first-order valence-corrected chi connectivity index (χ1v) is 8.61. The van der Waals surface area contributed by atoms with E-state index in [2.05, 4.69) is 27.7 Å². The maximum atomic E-state index is 10.1. The molecule has 0 aliphatic heterocycles. The molecule has 1 fully saturated rings. The molecule has 0 radical (unpaired) electrons. The lowest BCUT2D eigenvalue weighted by Crippen LogP contribution is -2.38. The van der Waals surface area contributed by atoms with E-state index in [0.29, 0.717) is 17.8 Å². The second-order valence-corrected chi connectivity index (χ2v) is 7.81. The quantitative estimate of drug-likeness (QED) is 0.655. The van der Waals surface area contributed by atoms with Crippen LogP contribution in [0.3, 0.4) is 0 Å². The highest BCUT2D eigenvalue weighted by atomic mass is 16.3. The molecule has 0 saturated heterocycles. The first-order chi connectivity index (χ1) is 9.32. The summed E-state index contributed by atoms with van der Waals surface area (Å²) in [6, 6.07) is 0. The molecule has 20 heavy (non-hydrogen) atoms. The summed E-state index contributed by atoms with van der Waals surface area (Å²) in [5, 5.41) is 19.5. The summed E-state index contributed by atoms with van der Waals surface area (Å²) in [7, 11) is 0. The fourth-order valence-electron chi connectivity index (χ4n) is 4.68. The van der Waals surface area contributed by atoms with Crippen LogP contribution in [0.4, 0.5) is 0 Å². The Kier molecular flexibility index (Phi) is 7.00. The molecule has 1 aliphatic rings. The molecule has 0 aromatic heterocycles. The Morgan fingerprint density at radius 1 is 1.05 bits per heavy atom. The van der Waals surface area contributed by atoms with E-state index in [4.69, 9.17) is 0 Å². The van der Waals surface area contributed by atoms with Gasteiger partial charge in [0.15, 0.2) is 0 Å². The standard InChI is InChI=1S/C18H36O2/c1-13(2)7-6-8-14(3)16-9-10-17(15(4)20)18(16,5)11-12-19/h13-17,19-20H,6-12H2,1-5H3/t14-,15+,16-,17+,18-/m1/s1/i4+1. The zero-order chi connectivity index (χ0) is 15.3. The van der Waals surface area contributed by atoms with Gasteiger partial charge in [0.05, 0.1) is 6.10 Å². The van der Waals surface area contributed by atoms with E-state index in [-0.39, 0.29) is 18.1 Å². The predicted molar refractivity (Wildman–Crippen MR) is 85.6 cm³/mol. The van der Waals surface area contributed by atoms with Crippen molar-refractivity contribution in [2.75, 3.05) is 6.61 Å². The van der Waals surface area contributed by atoms with Gasteiger partial charge in [0.1, 0.15) is 0 Å². The monoisotopic (exact) mass is 285 g/mol. The van der Waals surface area contributed by atoms with E-state index in [1.165, 1.54) is 25.7 Å². The molecule has 0 spiro atoms. The number of hydrogen-bond donors (Lipinski definition) is 2. The van der Waals surface area contributed by atoms with E-state index >= 15 is 0 Å². The minimum atomic E-state index is -0.251. The maximum Gasteiger partial charge on any atom is 0.0545 e. The van der Waals surface area contributed by atoms with Crippen LogP contribution in [-0.4, -0.2) is 22.9 Å². The van der Waals surface area contributed by atoms with Crippen molar-refractivity contribution in [1.82, 2.24) is 0 Å². The molecule has 1 saturated carbocycles. The Morgan fingerprint density at radius 3 is 2.15 bits per heavy atom. The van der Waals surface area contributed by atoms with Crippen molar-refractivity contribution in [2.24, 2.45) is 29.1 Å². The van der Waals surface area contributed by atoms with Gasteiger partial charge in [-0.1, -0.05) is 47.0 Å². The van der Waals surface area contributed by atoms with E-state index in [1.54, 1.807) is 0 Å². The smallest absolute Gasteiger partial charge is 0.0545 e. The van der Waals surface area contributed by atoms with Gasteiger partial charge in [-0.2, -0.15) is 0 Å². The number of aliphatic hydroxyl groups is 2. The van der Waals surface area contributed by atoms with Crippen LogP contribution in [0.2, 0.25) is 0 Å². The Hall–Kier alpha value is -0.0800. The SMILES string of the molecule is CC(C)CCC[C@@H](C)[C@H]1CC[C@@H]([C@H]([13CH3])O)[C@]1(C)CCO. The second kappa shape index (κ2) is 7.79. The summed E-state index contributed by atoms with van der Waals surface area (Å²) in [6.45, 7) is 11.4. The molecule has 1 aliphatic carbocycles. The van der Waals surface area contributed by atoms with E-state index < -0.39 is 0 Å². The molecular formula is C18H36O2. The molecule has 1 rings (SSSR count). The molecule has 0 bridgehead atoms. The van der Waals surface area contributed by atoms with Crippen molar-refractivity contribution in [1.29, 1.82) is 0 Å². The van der Waals surface area contributed by atoms with Crippen LogP contribution >= 0.6 is 0 Å². The normalized spacial score (nSPS) is 33.6. The average molecular weight is 285 g/mol. The Bertz CT molecular complexity index is 275. The van der Waals surface area contributed by atoms with Gasteiger partial charge in [-0.15, -0.1) is 0 Å². The molecule has 0 unspecified atom stereocenters. The number of rotatable bonds is 8. The minimum absolute atomic E-state index is 0.111. The summed E-state index contributed by atoms with van der Waals surface area (Å²) in [5.41, 5.74) is 0.111. The van der Waals surface area contributed by atoms with Crippen molar-refractivity contribution in [2.45, 2.75) is 79.2 Å². The molecule has 5 atom stereocenters. The molecule has 0 heterocycles. The van der Waals surface area contributed by atoms with Gasteiger partial charge in [0.2, 0.25) is 0 Å². The third kappa shape index (κ3) is 4.21. The van der Waals surface area contributed by atoms with Gasteiger partial charge in [-0.25, -0.2) is 0 Å². The van der Waals surface area contributed by atoms with E-state index in [1.807, 2.05) is 6.92 Å². The molecule has 120 valence electrons. The van der Waals surface area contributed by atoms with Crippen molar-refractivity contribution in [3.05, 3.63) is 0 Å². The van der Waals surface area contributed by atoms with Gasteiger partial charge in [-0.05, 0) is 55.3 Å². The van der Waals surface area contributed by atoms with Gasteiger partial charge in [-0.3, -0.25) is 0 Å². The molecular weight excluding hydrogens is 249 g/mol. The lowest BCUT2D eigenvalue weighted by atomic mass is 9.66. The van der Waals surface area contributed by atoms with Crippen LogP contribution in [0.15, 0.2) is 0 Å². The van der Waals surface area contributed by atoms with Gasteiger partial charge in [0.25, 0.3) is 0 Å². The Morgan fingerprint density at radius 2 is 1.65 bits per heavy atom. The first kappa shape index (κ1) is 18.0. The Balaban J connectivity index is 2.67. The number of hydrogen-bond acceptors (Lipinski definition) is 2. The van der Waals surface area contributed by atoms with Crippen LogP contribution < -0.4 is 0 Å². The fourth-order valence-corrected chi connectivity index (χ4v) is 4.68. The maximum absolute atomic E-state index is 10.1. The summed E-state index contributed by atoms with van der Waals surface area (Å²) < 4.78 is 0. The minimum Gasteiger partial charge on any atom is -0.396 e. The van der Waals surface area contributed by atoms with Crippen LogP contribution in [0.25, 0.3) is 0 Å². The van der Waals surface area contributed by atoms with Gasteiger partial charge < -0.3 is 10.2 Å². The van der Waals surface area contributed by atoms with E-state index in [9.17, 15) is 10.2 Å².